The maximum Gasteiger partial charge on any atom is 0.272 e. The summed E-state index contributed by atoms with van der Waals surface area (Å²) in [7, 11) is 1.58. The van der Waals surface area contributed by atoms with Gasteiger partial charge in [0.05, 0.1) is 23.4 Å². The second-order valence-electron chi connectivity index (χ2n) is 10.0. The highest BCUT2D eigenvalue weighted by atomic mass is 35.5. The maximum atomic E-state index is 13.3. The van der Waals surface area contributed by atoms with Crippen molar-refractivity contribution in [3.05, 3.63) is 94.9 Å². The van der Waals surface area contributed by atoms with Crippen LogP contribution in [0.3, 0.4) is 0 Å². The van der Waals surface area contributed by atoms with Gasteiger partial charge in [-0.1, -0.05) is 29.8 Å². The molecule has 1 saturated heterocycles. The number of aromatic nitrogens is 3. The van der Waals surface area contributed by atoms with E-state index in [-0.39, 0.29) is 11.6 Å². The molecular formula is C31H33ClN6O3. The molecule has 1 aliphatic rings. The first kappa shape index (κ1) is 28.2. The van der Waals surface area contributed by atoms with Crippen molar-refractivity contribution in [2.24, 2.45) is 5.92 Å². The molecule has 0 atom stereocenters. The van der Waals surface area contributed by atoms with Crippen molar-refractivity contribution in [1.82, 2.24) is 20.1 Å². The summed E-state index contributed by atoms with van der Waals surface area (Å²) in [6, 6.07) is 18.2. The lowest BCUT2D eigenvalue weighted by Gasteiger charge is -2.33. The summed E-state index contributed by atoms with van der Waals surface area (Å²) in [5.41, 5.74) is 2.97. The summed E-state index contributed by atoms with van der Waals surface area (Å²) < 4.78 is 6.93. The van der Waals surface area contributed by atoms with Crippen LogP contribution in [0.15, 0.2) is 73.1 Å². The van der Waals surface area contributed by atoms with Crippen molar-refractivity contribution in [3.8, 4) is 11.4 Å². The first-order valence-corrected chi connectivity index (χ1v) is 14.1. The third-order valence-electron chi connectivity index (χ3n) is 7.47. The van der Waals surface area contributed by atoms with Crippen LogP contribution in [0.4, 0.5) is 11.5 Å². The summed E-state index contributed by atoms with van der Waals surface area (Å²) >= 11 is 6.27. The van der Waals surface area contributed by atoms with Crippen LogP contribution in [0.5, 0.6) is 5.75 Å². The highest BCUT2D eigenvalue weighted by molar-refractivity contribution is 6.34. The van der Waals surface area contributed by atoms with Crippen LogP contribution in [0.2, 0.25) is 5.02 Å². The van der Waals surface area contributed by atoms with E-state index in [1.165, 1.54) is 5.69 Å². The number of nitrogens with zero attached hydrogens (tertiary/aromatic N) is 4. The first-order valence-electron chi connectivity index (χ1n) is 13.7. The maximum absolute atomic E-state index is 13.3. The lowest BCUT2D eigenvalue weighted by molar-refractivity contribution is 0.0943. The quantitative estimate of drug-likeness (QED) is 0.274. The van der Waals surface area contributed by atoms with Gasteiger partial charge in [0.15, 0.2) is 5.69 Å². The Morgan fingerprint density at radius 3 is 2.49 bits per heavy atom. The molecule has 3 heterocycles. The summed E-state index contributed by atoms with van der Waals surface area (Å²) in [5, 5.41) is 10.9. The number of nitrogens with one attached hydrogen (secondary N) is 2. The average molecular weight is 573 g/mol. The Hall–Kier alpha value is -4.37. The number of rotatable bonds is 9. The standard InChI is InChI=1S/C31H33ClN6O3/c1-21-28(31(40)34-17-10-22-13-18-37(19-14-22)23-11-15-33-16-12-23)36-38(24-6-5-7-25(20-24)41-2)29(21)35-30(39)26-8-3-4-9-27(26)32/h3-9,11-12,15-16,20,22H,10,13-14,17-19H2,1-2H3,(H,34,40)(H,35,39). The minimum Gasteiger partial charge on any atom is -0.497 e. The van der Waals surface area contributed by atoms with Crippen LogP contribution in [0.1, 0.15) is 45.7 Å². The van der Waals surface area contributed by atoms with Gasteiger partial charge >= 0.3 is 0 Å². The van der Waals surface area contributed by atoms with Gasteiger partial charge in [-0.15, -0.1) is 0 Å². The second-order valence-corrected chi connectivity index (χ2v) is 10.5. The van der Waals surface area contributed by atoms with Gasteiger partial charge in [0, 0.05) is 49.3 Å². The molecule has 41 heavy (non-hydrogen) atoms. The Labute approximate surface area is 244 Å². The number of anilines is 2. The molecule has 2 amide bonds. The molecule has 0 unspecified atom stereocenters. The lowest BCUT2D eigenvalue weighted by Crippen LogP contribution is -2.35. The number of ether oxygens (including phenoxy) is 1. The number of methoxy groups -OCH3 is 1. The van der Waals surface area contributed by atoms with E-state index in [4.69, 9.17) is 16.3 Å². The fraction of sp³-hybridized carbons (Fsp3) is 0.290. The van der Waals surface area contributed by atoms with Crippen molar-refractivity contribution in [1.29, 1.82) is 0 Å². The minimum atomic E-state index is -0.396. The number of piperidine rings is 1. The Balaban J connectivity index is 1.29. The van der Waals surface area contributed by atoms with Crippen LogP contribution in [-0.2, 0) is 0 Å². The number of hydrogen-bond acceptors (Lipinski definition) is 6. The predicted octanol–water partition coefficient (Wildman–Crippen LogP) is 5.53. The number of hydrogen-bond donors (Lipinski definition) is 2. The van der Waals surface area contributed by atoms with E-state index < -0.39 is 5.91 Å². The molecule has 5 rings (SSSR count). The fourth-order valence-corrected chi connectivity index (χ4v) is 5.34. The summed E-state index contributed by atoms with van der Waals surface area (Å²) in [6.07, 6.45) is 6.67. The number of benzene rings is 2. The molecule has 2 aromatic carbocycles. The zero-order valence-corrected chi connectivity index (χ0v) is 23.9. The van der Waals surface area contributed by atoms with E-state index in [9.17, 15) is 9.59 Å². The van der Waals surface area contributed by atoms with Gasteiger partial charge in [-0.05, 0) is 68.5 Å². The summed E-state index contributed by atoms with van der Waals surface area (Å²) in [4.78, 5) is 33.0. The first-order chi connectivity index (χ1) is 19.9. The molecule has 0 saturated carbocycles. The molecule has 0 spiro atoms. The van der Waals surface area contributed by atoms with Crippen molar-refractivity contribution in [3.63, 3.8) is 0 Å². The Kier molecular flexibility index (Phi) is 8.84. The molecule has 0 radical (unpaired) electrons. The Bertz CT molecular complexity index is 1520. The molecule has 4 aromatic rings. The van der Waals surface area contributed by atoms with Crippen molar-refractivity contribution < 1.29 is 14.3 Å². The second kappa shape index (κ2) is 12.9. The van der Waals surface area contributed by atoms with Crippen molar-refractivity contribution in [2.75, 3.05) is 37.0 Å². The normalized spacial score (nSPS) is 13.6. The average Bonchev–Trinajstić information content (AvgIpc) is 3.33. The van der Waals surface area contributed by atoms with Gasteiger partial charge in [0.25, 0.3) is 11.8 Å². The van der Waals surface area contributed by atoms with Crippen LogP contribution in [-0.4, -0.2) is 53.3 Å². The summed E-state index contributed by atoms with van der Waals surface area (Å²) in [6.45, 7) is 4.30. The van der Waals surface area contributed by atoms with E-state index in [0.29, 0.717) is 45.9 Å². The molecular weight excluding hydrogens is 540 g/mol. The third-order valence-corrected chi connectivity index (χ3v) is 7.80. The van der Waals surface area contributed by atoms with Gasteiger partial charge in [-0.25, -0.2) is 4.68 Å². The predicted molar refractivity (Wildman–Crippen MR) is 160 cm³/mol. The van der Waals surface area contributed by atoms with E-state index in [2.05, 4.69) is 25.6 Å². The number of amides is 2. The van der Waals surface area contributed by atoms with Crippen molar-refractivity contribution in [2.45, 2.75) is 26.2 Å². The monoisotopic (exact) mass is 572 g/mol. The fourth-order valence-electron chi connectivity index (χ4n) is 5.12. The molecule has 1 fully saturated rings. The number of halogens is 1. The van der Waals surface area contributed by atoms with Crippen LogP contribution in [0.25, 0.3) is 5.69 Å². The molecule has 2 aromatic heterocycles. The smallest absolute Gasteiger partial charge is 0.272 e. The van der Waals surface area contributed by atoms with Gasteiger partial charge in [0.1, 0.15) is 11.6 Å². The number of pyridine rings is 1. The molecule has 10 heteroatoms. The zero-order valence-electron chi connectivity index (χ0n) is 23.1. The highest BCUT2D eigenvalue weighted by Crippen LogP contribution is 2.28. The molecule has 2 N–H and O–H groups in total. The van der Waals surface area contributed by atoms with E-state index in [1.54, 1.807) is 49.0 Å². The van der Waals surface area contributed by atoms with Crippen molar-refractivity contribution >= 4 is 34.9 Å². The topological polar surface area (TPSA) is 101 Å². The largest absolute Gasteiger partial charge is 0.497 e. The molecule has 0 aliphatic carbocycles. The Morgan fingerprint density at radius 2 is 1.76 bits per heavy atom. The van der Waals surface area contributed by atoms with Gasteiger partial charge in [-0.2, -0.15) is 5.10 Å². The highest BCUT2D eigenvalue weighted by Gasteiger charge is 2.24. The number of carbonyl (C=O) groups is 2. The number of carbonyl (C=O) groups excluding carboxylic acids is 2. The molecule has 0 bridgehead atoms. The summed E-state index contributed by atoms with van der Waals surface area (Å²) in [5.74, 6) is 0.866. The minimum absolute atomic E-state index is 0.245. The molecule has 1 aliphatic heterocycles. The zero-order chi connectivity index (χ0) is 28.8. The van der Waals surface area contributed by atoms with Crippen LogP contribution < -0.4 is 20.3 Å². The van der Waals surface area contributed by atoms with Gasteiger partial charge in [-0.3, -0.25) is 14.6 Å². The Morgan fingerprint density at radius 1 is 1.00 bits per heavy atom. The lowest BCUT2D eigenvalue weighted by atomic mass is 9.93. The van der Waals surface area contributed by atoms with Crippen LogP contribution >= 0.6 is 11.6 Å². The van der Waals surface area contributed by atoms with E-state index >= 15 is 0 Å². The molecule has 9 nitrogen and oxygen atoms in total. The third kappa shape index (κ3) is 6.52. The molecule has 212 valence electrons. The van der Waals surface area contributed by atoms with Gasteiger partial charge < -0.3 is 20.3 Å². The van der Waals surface area contributed by atoms with E-state index in [0.717, 1.165) is 32.4 Å². The van der Waals surface area contributed by atoms with E-state index in [1.807, 2.05) is 42.7 Å². The SMILES string of the molecule is COc1cccc(-n2nc(C(=O)NCCC3CCN(c4ccncc4)CC3)c(C)c2NC(=O)c2ccccc2Cl)c1. The van der Waals surface area contributed by atoms with Gasteiger partial charge in [0.2, 0.25) is 0 Å². The van der Waals surface area contributed by atoms with Crippen LogP contribution in [0, 0.1) is 12.8 Å².